The summed E-state index contributed by atoms with van der Waals surface area (Å²) in [6, 6.07) is 0.773. The van der Waals surface area contributed by atoms with Gasteiger partial charge in [-0.05, 0) is 24.5 Å². The predicted molar refractivity (Wildman–Crippen MR) is 70.1 cm³/mol. The molecule has 116 valence electrons. The molecule has 1 fully saturated rings. The van der Waals surface area contributed by atoms with Crippen LogP contribution in [0.3, 0.4) is 0 Å². The number of carbonyl (C=O) groups excluding carboxylic acids is 1. The van der Waals surface area contributed by atoms with Gasteiger partial charge in [-0.25, -0.2) is 26.4 Å². The SMILES string of the molecule is O=C(NCC1CCS(=O)(=O)C1)Nc1ccc(F)c(F)c1F. The molecule has 0 bridgehead atoms. The summed E-state index contributed by atoms with van der Waals surface area (Å²) < 4.78 is 61.5. The fourth-order valence-corrected chi connectivity index (χ4v) is 3.92. The van der Waals surface area contributed by atoms with E-state index >= 15 is 0 Å². The summed E-state index contributed by atoms with van der Waals surface area (Å²) in [7, 11) is -3.04. The van der Waals surface area contributed by atoms with Gasteiger partial charge >= 0.3 is 6.03 Å². The molecule has 0 spiro atoms. The first-order chi connectivity index (χ1) is 9.78. The van der Waals surface area contributed by atoms with E-state index in [1.54, 1.807) is 0 Å². The predicted octanol–water partition coefficient (Wildman–Crippen LogP) is 1.66. The Morgan fingerprint density at radius 2 is 1.95 bits per heavy atom. The zero-order valence-corrected chi connectivity index (χ0v) is 11.6. The lowest BCUT2D eigenvalue weighted by molar-refractivity contribution is 0.250. The van der Waals surface area contributed by atoms with Crippen molar-refractivity contribution in [2.75, 3.05) is 23.4 Å². The number of sulfone groups is 1. The zero-order valence-electron chi connectivity index (χ0n) is 10.8. The number of hydrogen-bond donors (Lipinski definition) is 2. The van der Waals surface area contributed by atoms with Crippen LogP contribution >= 0.6 is 0 Å². The highest BCUT2D eigenvalue weighted by Gasteiger charge is 2.28. The number of halogens is 3. The highest BCUT2D eigenvalue weighted by atomic mass is 32.2. The fraction of sp³-hybridized carbons (Fsp3) is 0.417. The summed E-state index contributed by atoms with van der Waals surface area (Å²) in [5, 5.41) is 4.42. The molecule has 1 saturated heterocycles. The maximum atomic E-state index is 13.3. The molecule has 2 rings (SSSR count). The normalized spacial score (nSPS) is 20.2. The van der Waals surface area contributed by atoms with Gasteiger partial charge < -0.3 is 10.6 Å². The first kappa shape index (κ1) is 15.6. The van der Waals surface area contributed by atoms with Crippen molar-refractivity contribution in [2.45, 2.75) is 6.42 Å². The van der Waals surface area contributed by atoms with Gasteiger partial charge in [-0.1, -0.05) is 0 Å². The Morgan fingerprint density at radius 3 is 2.57 bits per heavy atom. The average Bonchev–Trinajstić information content (AvgIpc) is 2.77. The Balaban J connectivity index is 1.90. The maximum absolute atomic E-state index is 13.3. The summed E-state index contributed by atoms with van der Waals surface area (Å²) in [5.41, 5.74) is -0.495. The van der Waals surface area contributed by atoms with Gasteiger partial charge in [0.15, 0.2) is 27.3 Å². The van der Waals surface area contributed by atoms with Crippen LogP contribution in [0.15, 0.2) is 12.1 Å². The van der Waals surface area contributed by atoms with Gasteiger partial charge in [0.25, 0.3) is 0 Å². The third-order valence-corrected chi connectivity index (χ3v) is 5.00. The molecular formula is C12H13F3N2O3S. The highest BCUT2D eigenvalue weighted by molar-refractivity contribution is 7.91. The number of rotatable bonds is 3. The van der Waals surface area contributed by atoms with Crippen molar-refractivity contribution < 1.29 is 26.4 Å². The van der Waals surface area contributed by atoms with Crippen LogP contribution in [-0.2, 0) is 9.84 Å². The minimum absolute atomic E-state index is 0.00713. The molecule has 1 aliphatic rings. The Labute approximate surface area is 119 Å². The molecule has 2 N–H and O–H groups in total. The lowest BCUT2D eigenvalue weighted by Gasteiger charge is -2.11. The minimum atomic E-state index is -3.04. The van der Waals surface area contributed by atoms with E-state index in [1.807, 2.05) is 5.32 Å². The molecule has 0 aromatic heterocycles. The number of nitrogens with one attached hydrogen (secondary N) is 2. The first-order valence-electron chi connectivity index (χ1n) is 6.17. The molecule has 9 heteroatoms. The molecule has 1 unspecified atom stereocenters. The smallest absolute Gasteiger partial charge is 0.319 e. The number of carbonyl (C=O) groups is 1. The van der Waals surface area contributed by atoms with Crippen molar-refractivity contribution >= 4 is 21.6 Å². The fourth-order valence-electron chi connectivity index (χ4n) is 2.06. The average molecular weight is 322 g/mol. The van der Waals surface area contributed by atoms with Crippen LogP contribution in [0, 0.1) is 23.4 Å². The number of benzene rings is 1. The monoisotopic (exact) mass is 322 g/mol. The van der Waals surface area contributed by atoms with Crippen molar-refractivity contribution in [3.63, 3.8) is 0 Å². The lowest BCUT2D eigenvalue weighted by atomic mass is 10.1. The van der Waals surface area contributed by atoms with Crippen LogP contribution in [0.25, 0.3) is 0 Å². The Bertz CT molecular complexity index is 664. The van der Waals surface area contributed by atoms with Gasteiger partial charge in [-0.15, -0.1) is 0 Å². The first-order valence-corrected chi connectivity index (χ1v) is 7.99. The van der Waals surface area contributed by atoms with Gasteiger partial charge in [0.1, 0.15) is 0 Å². The molecule has 5 nitrogen and oxygen atoms in total. The van der Waals surface area contributed by atoms with Crippen molar-refractivity contribution in [1.82, 2.24) is 5.32 Å². The van der Waals surface area contributed by atoms with E-state index in [0.717, 1.165) is 6.07 Å². The number of anilines is 1. The summed E-state index contributed by atoms with van der Waals surface area (Å²) in [6.45, 7) is 0.107. The largest absolute Gasteiger partial charge is 0.338 e. The maximum Gasteiger partial charge on any atom is 0.319 e. The van der Waals surface area contributed by atoms with Crippen molar-refractivity contribution in [1.29, 1.82) is 0 Å². The highest BCUT2D eigenvalue weighted by Crippen LogP contribution is 2.20. The van der Waals surface area contributed by atoms with Crippen LogP contribution in [0.1, 0.15) is 6.42 Å². The van der Waals surface area contributed by atoms with Gasteiger partial charge in [0.2, 0.25) is 0 Å². The zero-order chi connectivity index (χ0) is 15.6. The molecule has 1 aromatic carbocycles. The van der Waals surface area contributed by atoms with E-state index < -0.39 is 39.0 Å². The number of amides is 2. The summed E-state index contributed by atoms with van der Waals surface area (Å²) in [6.07, 6.45) is 0.447. The van der Waals surface area contributed by atoms with Gasteiger partial charge in [-0.3, -0.25) is 0 Å². The van der Waals surface area contributed by atoms with Crippen LogP contribution in [0.2, 0.25) is 0 Å². The molecule has 1 aliphatic heterocycles. The van der Waals surface area contributed by atoms with E-state index in [1.165, 1.54) is 0 Å². The quantitative estimate of drug-likeness (QED) is 0.831. The topological polar surface area (TPSA) is 75.3 Å². The van der Waals surface area contributed by atoms with Crippen LogP contribution in [-0.4, -0.2) is 32.5 Å². The minimum Gasteiger partial charge on any atom is -0.338 e. The third kappa shape index (κ3) is 3.87. The van der Waals surface area contributed by atoms with E-state index in [0.29, 0.717) is 12.5 Å². The molecule has 2 amide bonds. The number of hydrogen-bond acceptors (Lipinski definition) is 3. The van der Waals surface area contributed by atoms with Gasteiger partial charge in [-0.2, -0.15) is 0 Å². The van der Waals surface area contributed by atoms with Crippen molar-refractivity contribution in [3.8, 4) is 0 Å². The molecule has 21 heavy (non-hydrogen) atoms. The molecule has 0 saturated carbocycles. The summed E-state index contributed by atoms with van der Waals surface area (Å²) >= 11 is 0. The molecular weight excluding hydrogens is 309 g/mol. The molecule has 1 atom stereocenters. The van der Waals surface area contributed by atoms with Crippen molar-refractivity contribution in [3.05, 3.63) is 29.6 Å². The lowest BCUT2D eigenvalue weighted by Crippen LogP contribution is -2.33. The summed E-state index contributed by atoms with van der Waals surface area (Å²) in [5.74, 6) is -4.64. The van der Waals surface area contributed by atoms with E-state index in [4.69, 9.17) is 0 Å². The molecule has 0 radical (unpaired) electrons. The molecule has 1 heterocycles. The van der Waals surface area contributed by atoms with E-state index in [-0.39, 0.29) is 24.0 Å². The second kappa shape index (κ2) is 5.92. The Morgan fingerprint density at radius 1 is 1.24 bits per heavy atom. The summed E-state index contributed by atoms with van der Waals surface area (Å²) in [4.78, 5) is 11.5. The van der Waals surface area contributed by atoms with Gasteiger partial charge in [0.05, 0.1) is 17.2 Å². The van der Waals surface area contributed by atoms with E-state index in [2.05, 4.69) is 5.32 Å². The second-order valence-electron chi connectivity index (χ2n) is 4.83. The van der Waals surface area contributed by atoms with Crippen LogP contribution in [0.5, 0.6) is 0 Å². The van der Waals surface area contributed by atoms with E-state index in [9.17, 15) is 26.4 Å². The van der Waals surface area contributed by atoms with Crippen LogP contribution in [0.4, 0.5) is 23.7 Å². The van der Waals surface area contributed by atoms with Crippen molar-refractivity contribution in [2.24, 2.45) is 5.92 Å². The third-order valence-electron chi connectivity index (χ3n) is 3.16. The van der Waals surface area contributed by atoms with Gasteiger partial charge in [0, 0.05) is 6.54 Å². The standard InChI is InChI=1S/C12H13F3N2O3S/c13-8-1-2-9(11(15)10(8)14)17-12(18)16-5-7-3-4-21(19,20)6-7/h1-2,7H,3-6H2,(H2,16,17,18). The number of urea groups is 1. The Hall–Kier alpha value is -1.77. The van der Waals surface area contributed by atoms with Crippen LogP contribution < -0.4 is 10.6 Å². The molecule has 0 aliphatic carbocycles. The molecule has 1 aromatic rings. The Kier molecular flexibility index (Phi) is 4.40. The second-order valence-corrected chi connectivity index (χ2v) is 7.06.